The van der Waals surface area contributed by atoms with Gasteiger partial charge in [0.25, 0.3) is 5.91 Å². The number of hydrogen-bond donors (Lipinski definition) is 5. The van der Waals surface area contributed by atoms with E-state index in [2.05, 4.69) is 10.3 Å². The molecule has 0 unspecified atom stereocenters. The number of carboxylic acids is 2. The molecule has 0 saturated heterocycles. The fourth-order valence-electron chi connectivity index (χ4n) is 4.34. The highest BCUT2D eigenvalue weighted by molar-refractivity contribution is 6.07. The Morgan fingerprint density at radius 1 is 1.24 bits per heavy atom. The first-order valence-corrected chi connectivity index (χ1v) is 7.96. The van der Waals surface area contributed by atoms with E-state index in [0.717, 1.165) is 10.9 Å². The van der Waals surface area contributed by atoms with Crippen molar-refractivity contribution in [3.05, 3.63) is 36.0 Å². The fraction of sp³-hybridized carbons (Fsp3) is 0.353. The van der Waals surface area contributed by atoms with Crippen molar-refractivity contribution in [2.45, 2.75) is 18.0 Å². The molecule has 130 valence electrons. The van der Waals surface area contributed by atoms with Crippen molar-refractivity contribution in [1.29, 1.82) is 0 Å². The van der Waals surface area contributed by atoms with Crippen LogP contribution in [-0.4, -0.2) is 44.6 Å². The van der Waals surface area contributed by atoms with Crippen LogP contribution in [-0.2, 0) is 9.59 Å². The van der Waals surface area contributed by atoms with Crippen molar-refractivity contribution >= 4 is 28.7 Å². The molecule has 8 nitrogen and oxygen atoms in total. The van der Waals surface area contributed by atoms with Gasteiger partial charge < -0.3 is 26.2 Å². The number of carbonyl (C=O) groups is 3. The molecule has 1 aromatic carbocycles. The fourth-order valence-corrected chi connectivity index (χ4v) is 4.34. The molecule has 0 aliphatic heterocycles. The summed E-state index contributed by atoms with van der Waals surface area (Å²) in [5.41, 5.74) is 5.60. The molecule has 4 rings (SSSR count). The summed E-state index contributed by atoms with van der Waals surface area (Å²) in [4.78, 5) is 38.5. The molecule has 1 aromatic heterocycles. The normalized spacial score (nSPS) is 33.0. The number of hydrogen-bond acceptors (Lipinski definition) is 4. The number of carboxylic acid groups (broad SMARTS) is 2. The summed E-state index contributed by atoms with van der Waals surface area (Å²) in [5.74, 6) is -4.61. The van der Waals surface area contributed by atoms with Crippen LogP contribution in [0.5, 0.6) is 0 Å². The predicted octanol–water partition coefficient (Wildman–Crippen LogP) is 0.399. The first-order valence-electron chi connectivity index (χ1n) is 7.96. The lowest BCUT2D eigenvalue weighted by molar-refractivity contribution is -0.145. The standard InChI is InChI=1S/C17H17N3O5/c18-17(16(24)25)5-10(11-12(13(11)17)15(22)23)20-14(21)8-6-19-9-4-2-1-3-7(8)9/h1-4,6,10-13,19H,5,18H2,(H,20,21)(H,22,23)(H,24,25)/t10-,11-,12-,13+,17-/m1/s1. The van der Waals surface area contributed by atoms with E-state index in [1.54, 1.807) is 12.3 Å². The van der Waals surface area contributed by atoms with Gasteiger partial charge in [0.1, 0.15) is 5.54 Å². The summed E-state index contributed by atoms with van der Waals surface area (Å²) in [6, 6.07) is 6.73. The van der Waals surface area contributed by atoms with Crippen molar-refractivity contribution in [2.75, 3.05) is 0 Å². The Morgan fingerprint density at radius 2 is 1.96 bits per heavy atom. The number of para-hydroxylation sites is 1. The number of amides is 1. The lowest BCUT2D eigenvalue weighted by atomic mass is 9.90. The number of nitrogens with one attached hydrogen (secondary N) is 2. The van der Waals surface area contributed by atoms with Crippen LogP contribution in [0.15, 0.2) is 30.5 Å². The Bertz CT molecular complexity index is 907. The van der Waals surface area contributed by atoms with E-state index < -0.39 is 41.3 Å². The van der Waals surface area contributed by atoms with E-state index in [4.69, 9.17) is 5.73 Å². The first kappa shape index (κ1) is 15.6. The maximum atomic E-state index is 12.6. The third-order valence-corrected chi connectivity index (χ3v) is 5.53. The molecule has 5 atom stereocenters. The largest absolute Gasteiger partial charge is 0.481 e. The van der Waals surface area contributed by atoms with Gasteiger partial charge in [-0.15, -0.1) is 0 Å². The van der Waals surface area contributed by atoms with E-state index in [0.29, 0.717) is 5.56 Å². The molecule has 1 heterocycles. The zero-order chi connectivity index (χ0) is 17.9. The molecule has 2 aliphatic carbocycles. The third-order valence-electron chi connectivity index (χ3n) is 5.53. The minimum absolute atomic E-state index is 0.0234. The second-order valence-electron chi connectivity index (χ2n) is 6.84. The number of nitrogens with two attached hydrogens (primary N) is 1. The van der Waals surface area contributed by atoms with Crippen molar-refractivity contribution in [3.8, 4) is 0 Å². The van der Waals surface area contributed by atoms with Gasteiger partial charge in [0, 0.05) is 29.1 Å². The Balaban J connectivity index is 1.59. The molecular formula is C17H17N3O5. The van der Waals surface area contributed by atoms with E-state index in [9.17, 15) is 24.6 Å². The van der Waals surface area contributed by atoms with E-state index in [1.165, 1.54) is 0 Å². The second kappa shape index (κ2) is 5.06. The summed E-state index contributed by atoms with van der Waals surface area (Å²) in [6.45, 7) is 0. The highest BCUT2D eigenvalue weighted by Gasteiger charge is 2.74. The molecule has 6 N–H and O–H groups in total. The third kappa shape index (κ3) is 2.14. The van der Waals surface area contributed by atoms with Crippen molar-refractivity contribution < 1.29 is 24.6 Å². The molecule has 2 aromatic rings. The number of H-pyrrole nitrogens is 1. The van der Waals surface area contributed by atoms with Gasteiger partial charge in [0.05, 0.1) is 11.5 Å². The zero-order valence-electron chi connectivity index (χ0n) is 13.1. The number of aromatic amines is 1. The number of benzene rings is 1. The molecule has 25 heavy (non-hydrogen) atoms. The molecule has 2 saturated carbocycles. The second-order valence-corrected chi connectivity index (χ2v) is 6.84. The topological polar surface area (TPSA) is 146 Å². The minimum Gasteiger partial charge on any atom is -0.481 e. The first-order chi connectivity index (χ1) is 11.8. The summed E-state index contributed by atoms with van der Waals surface area (Å²) >= 11 is 0. The lowest BCUT2D eigenvalue weighted by Gasteiger charge is -2.24. The van der Waals surface area contributed by atoms with E-state index >= 15 is 0 Å². The van der Waals surface area contributed by atoms with Gasteiger partial charge in [-0.25, -0.2) is 0 Å². The Morgan fingerprint density at radius 3 is 2.64 bits per heavy atom. The Kier molecular flexibility index (Phi) is 3.17. The average Bonchev–Trinajstić information content (AvgIpc) is 3.08. The van der Waals surface area contributed by atoms with Crippen LogP contribution >= 0.6 is 0 Å². The van der Waals surface area contributed by atoms with Crippen LogP contribution in [0.2, 0.25) is 0 Å². The number of aromatic nitrogens is 1. The van der Waals surface area contributed by atoms with Crippen molar-refractivity contribution in [2.24, 2.45) is 23.5 Å². The van der Waals surface area contributed by atoms with Gasteiger partial charge in [-0.1, -0.05) is 18.2 Å². The van der Waals surface area contributed by atoms with Crippen LogP contribution in [0.25, 0.3) is 10.9 Å². The van der Waals surface area contributed by atoms with Crippen LogP contribution < -0.4 is 11.1 Å². The average molecular weight is 343 g/mol. The number of fused-ring (bicyclic) bond motifs is 2. The molecular weight excluding hydrogens is 326 g/mol. The highest BCUT2D eigenvalue weighted by atomic mass is 16.4. The quantitative estimate of drug-likeness (QED) is 0.543. The van der Waals surface area contributed by atoms with Crippen LogP contribution in [0.1, 0.15) is 16.8 Å². The summed E-state index contributed by atoms with van der Waals surface area (Å²) in [5, 5.41) is 22.2. The van der Waals surface area contributed by atoms with Gasteiger partial charge in [-0.2, -0.15) is 0 Å². The van der Waals surface area contributed by atoms with Crippen LogP contribution in [0.4, 0.5) is 0 Å². The van der Waals surface area contributed by atoms with Gasteiger partial charge in [-0.3, -0.25) is 14.4 Å². The van der Waals surface area contributed by atoms with Gasteiger partial charge in [0.2, 0.25) is 0 Å². The molecule has 2 fully saturated rings. The van der Waals surface area contributed by atoms with Crippen LogP contribution in [0, 0.1) is 17.8 Å². The van der Waals surface area contributed by atoms with E-state index in [1.807, 2.05) is 18.2 Å². The van der Waals surface area contributed by atoms with Gasteiger partial charge >= 0.3 is 11.9 Å². The molecule has 8 heteroatoms. The number of carbonyl (C=O) groups excluding carboxylic acids is 1. The molecule has 0 bridgehead atoms. The SMILES string of the molecule is N[C@]1(C(=O)O)C[C@@H](NC(=O)c2c[nH]c3ccccc23)[C@@H]2[C@@H](C(=O)O)[C@H]21. The predicted molar refractivity (Wildman–Crippen MR) is 86.8 cm³/mol. The van der Waals surface area contributed by atoms with Crippen molar-refractivity contribution in [1.82, 2.24) is 10.3 Å². The smallest absolute Gasteiger partial charge is 0.324 e. The Labute approximate surface area is 142 Å². The maximum absolute atomic E-state index is 12.6. The molecule has 1 amide bonds. The Hall–Kier alpha value is -2.87. The maximum Gasteiger partial charge on any atom is 0.324 e. The zero-order valence-corrected chi connectivity index (χ0v) is 13.1. The molecule has 0 radical (unpaired) electrons. The molecule has 2 aliphatic rings. The molecule has 0 spiro atoms. The van der Waals surface area contributed by atoms with Gasteiger partial charge in [0.15, 0.2) is 0 Å². The van der Waals surface area contributed by atoms with Gasteiger partial charge in [-0.05, 0) is 18.4 Å². The van der Waals surface area contributed by atoms with Crippen molar-refractivity contribution in [3.63, 3.8) is 0 Å². The van der Waals surface area contributed by atoms with E-state index in [-0.39, 0.29) is 12.3 Å². The summed E-state index contributed by atoms with van der Waals surface area (Å²) in [7, 11) is 0. The summed E-state index contributed by atoms with van der Waals surface area (Å²) in [6.07, 6.45) is 1.61. The number of rotatable bonds is 4. The minimum atomic E-state index is -1.62. The van der Waals surface area contributed by atoms with Crippen LogP contribution in [0.3, 0.4) is 0 Å². The number of aliphatic carboxylic acids is 2. The lowest BCUT2D eigenvalue weighted by Crippen LogP contribution is -2.52. The summed E-state index contributed by atoms with van der Waals surface area (Å²) < 4.78 is 0. The highest BCUT2D eigenvalue weighted by Crippen LogP contribution is 2.61. The monoisotopic (exact) mass is 343 g/mol.